The number of allylic oxidation sites excluding steroid dienone is 1. The minimum atomic E-state index is -3.40. The highest BCUT2D eigenvalue weighted by atomic mass is 32.2. The summed E-state index contributed by atoms with van der Waals surface area (Å²) in [5.74, 6) is 0.0136. The molecule has 1 aliphatic rings. The molecular weight excluding hydrogens is 262 g/mol. The van der Waals surface area contributed by atoms with Gasteiger partial charge in [0.2, 0.25) is 10.0 Å². The summed E-state index contributed by atoms with van der Waals surface area (Å²) in [6.07, 6.45) is 2.26. The quantitative estimate of drug-likeness (QED) is 0.791. The van der Waals surface area contributed by atoms with E-state index >= 15 is 0 Å². The van der Waals surface area contributed by atoms with Crippen molar-refractivity contribution in [1.29, 1.82) is 0 Å². The zero-order chi connectivity index (χ0) is 14.0. The van der Waals surface area contributed by atoms with E-state index in [-0.39, 0.29) is 11.7 Å². The molecule has 0 fully saturated rings. The fourth-order valence-electron chi connectivity index (χ4n) is 2.42. The molecule has 0 spiro atoms. The highest BCUT2D eigenvalue weighted by Gasteiger charge is 2.34. The summed E-state index contributed by atoms with van der Waals surface area (Å²) in [7, 11) is -1.85. The Morgan fingerprint density at radius 1 is 1.47 bits per heavy atom. The van der Waals surface area contributed by atoms with Gasteiger partial charge in [-0.2, -0.15) is 0 Å². The summed E-state index contributed by atoms with van der Waals surface area (Å²) < 4.78 is 25.7. The first-order valence-corrected chi connectivity index (χ1v) is 7.58. The summed E-state index contributed by atoms with van der Waals surface area (Å²) in [5, 5.41) is 0. The van der Waals surface area contributed by atoms with E-state index < -0.39 is 10.0 Å². The highest BCUT2D eigenvalue weighted by molar-refractivity contribution is 7.89. The van der Waals surface area contributed by atoms with Crippen molar-refractivity contribution in [3.05, 3.63) is 42.5 Å². The van der Waals surface area contributed by atoms with Crippen molar-refractivity contribution < 1.29 is 13.2 Å². The lowest BCUT2D eigenvalue weighted by Gasteiger charge is -2.31. The van der Waals surface area contributed by atoms with E-state index in [1.807, 2.05) is 6.07 Å². The average Bonchev–Trinajstić information content (AvgIpc) is 2.37. The van der Waals surface area contributed by atoms with Gasteiger partial charge in [-0.25, -0.2) is 12.7 Å². The van der Waals surface area contributed by atoms with Crippen LogP contribution in [0.25, 0.3) is 0 Å². The molecule has 0 radical (unpaired) electrons. The second-order valence-corrected chi connectivity index (χ2v) is 6.77. The van der Waals surface area contributed by atoms with Crippen molar-refractivity contribution in [3.63, 3.8) is 0 Å². The normalized spacial score (nSPS) is 21.6. The van der Waals surface area contributed by atoms with E-state index in [9.17, 15) is 13.2 Å². The molecule has 0 N–H and O–H groups in total. The molecule has 1 unspecified atom stereocenters. The largest absolute Gasteiger partial charge is 0.299 e. The van der Waals surface area contributed by atoms with Gasteiger partial charge in [-0.3, -0.25) is 4.79 Å². The van der Waals surface area contributed by atoms with Crippen LogP contribution in [0.3, 0.4) is 0 Å². The lowest BCUT2D eigenvalue weighted by Crippen LogP contribution is -2.37. The molecule has 0 saturated heterocycles. The molecule has 102 valence electrons. The number of ketones is 1. The molecule has 19 heavy (non-hydrogen) atoms. The summed E-state index contributed by atoms with van der Waals surface area (Å²) in [6, 6.07) is 6.92. The van der Waals surface area contributed by atoms with E-state index in [4.69, 9.17) is 0 Å². The maximum absolute atomic E-state index is 12.2. The Morgan fingerprint density at radius 2 is 2.16 bits per heavy atom. The lowest BCUT2D eigenvalue weighted by molar-refractivity contribution is -0.118. The van der Waals surface area contributed by atoms with Gasteiger partial charge in [-0.15, -0.1) is 6.58 Å². The predicted molar refractivity (Wildman–Crippen MR) is 73.4 cm³/mol. The summed E-state index contributed by atoms with van der Waals surface area (Å²) in [4.78, 5) is 12.1. The van der Waals surface area contributed by atoms with Crippen molar-refractivity contribution in [3.8, 4) is 0 Å². The topological polar surface area (TPSA) is 54.5 Å². The SMILES string of the molecule is C=CCC(=O)CC1CN(C)S(=O)(=O)c2ccccc21. The monoisotopic (exact) mass is 279 g/mol. The van der Waals surface area contributed by atoms with Gasteiger partial charge in [-0.1, -0.05) is 24.3 Å². The molecule has 4 nitrogen and oxygen atoms in total. The molecule has 1 heterocycles. The van der Waals surface area contributed by atoms with Crippen LogP contribution in [0.1, 0.15) is 24.3 Å². The molecule has 1 atom stereocenters. The van der Waals surface area contributed by atoms with E-state index in [0.29, 0.717) is 24.3 Å². The number of benzene rings is 1. The van der Waals surface area contributed by atoms with Gasteiger partial charge >= 0.3 is 0 Å². The van der Waals surface area contributed by atoms with Gasteiger partial charge in [0.25, 0.3) is 0 Å². The molecule has 0 aromatic heterocycles. The van der Waals surface area contributed by atoms with Crippen LogP contribution in [0.4, 0.5) is 0 Å². The number of fused-ring (bicyclic) bond motifs is 1. The number of hydrogen-bond donors (Lipinski definition) is 0. The van der Waals surface area contributed by atoms with Crippen LogP contribution in [-0.4, -0.2) is 32.1 Å². The van der Waals surface area contributed by atoms with Gasteiger partial charge in [0.05, 0.1) is 4.90 Å². The van der Waals surface area contributed by atoms with Crippen molar-refractivity contribution in [1.82, 2.24) is 4.31 Å². The van der Waals surface area contributed by atoms with Crippen molar-refractivity contribution in [2.24, 2.45) is 0 Å². The zero-order valence-electron chi connectivity index (χ0n) is 10.9. The van der Waals surface area contributed by atoms with Crippen molar-refractivity contribution in [2.75, 3.05) is 13.6 Å². The van der Waals surface area contributed by atoms with E-state index in [0.717, 1.165) is 5.56 Å². The number of carbonyl (C=O) groups excluding carboxylic acids is 1. The zero-order valence-corrected chi connectivity index (χ0v) is 11.7. The maximum atomic E-state index is 12.2. The Hall–Kier alpha value is -1.46. The Balaban J connectivity index is 2.38. The third-order valence-corrected chi connectivity index (χ3v) is 5.27. The number of likely N-dealkylation sites (N-methyl/N-ethyl adjacent to an activating group) is 1. The first kappa shape index (κ1) is 14.0. The Labute approximate surface area is 113 Å². The Kier molecular flexibility index (Phi) is 3.87. The first-order valence-electron chi connectivity index (χ1n) is 6.14. The van der Waals surface area contributed by atoms with E-state index in [2.05, 4.69) is 6.58 Å². The summed E-state index contributed by atoms with van der Waals surface area (Å²) in [6.45, 7) is 3.90. The molecular formula is C14H17NO3S. The number of hydrogen-bond acceptors (Lipinski definition) is 3. The van der Waals surface area contributed by atoms with E-state index in [1.165, 1.54) is 4.31 Å². The third-order valence-electron chi connectivity index (χ3n) is 3.37. The average molecular weight is 279 g/mol. The predicted octanol–water partition coefficient (Wildman–Crippen LogP) is 1.94. The standard InChI is InChI=1S/C14H17NO3S/c1-3-6-12(16)9-11-10-15(2)19(17,18)14-8-5-4-7-13(11)14/h3-5,7-8,11H,1,6,9-10H2,2H3. The minimum absolute atomic E-state index is 0.0721. The number of nitrogens with zero attached hydrogens (tertiary/aromatic N) is 1. The molecule has 0 bridgehead atoms. The van der Waals surface area contributed by atoms with Crippen LogP contribution < -0.4 is 0 Å². The second-order valence-electron chi connectivity index (χ2n) is 4.76. The molecule has 0 saturated carbocycles. The van der Waals surface area contributed by atoms with Gasteiger partial charge in [0, 0.05) is 32.4 Å². The lowest BCUT2D eigenvalue weighted by atomic mass is 9.92. The molecule has 1 aromatic rings. The molecule has 1 aromatic carbocycles. The second kappa shape index (κ2) is 5.27. The molecule has 0 amide bonds. The Morgan fingerprint density at radius 3 is 2.84 bits per heavy atom. The fraction of sp³-hybridized carbons (Fsp3) is 0.357. The van der Waals surface area contributed by atoms with Crippen LogP contribution in [0.15, 0.2) is 41.8 Å². The number of Topliss-reactive ketones (excluding diaryl/α,β-unsaturated/α-hetero) is 1. The summed E-state index contributed by atoms with van der Waals surface area (Å²) >= 11 is 0. The number of rotatable bonds is 4. The van der Waals surface area contributed by atoms with Crippen molar-refractivity contribution >= 4 is 15.8 Å². The highest BCUT2D eigenvalue weighted by Crippen LogP contribution is 2.34. The minimum Gasteiger partial charge on any atom is -0.299 e. The number of sulfonamides is 1. The van der Waals surface area contributed by atoms with Gasteiger partial charge < -0.3 is 0 Å². The fourth-order valence-corrected chi connectivity index (χ4v) is 3.92. The van der Waals surface area contributed by atoms with Crippen LogP contribution in [0, 0.1) is 0 Å². The summed E-state index contributed by atoms with van der Waals surface area (Å²) in [5.41, 5.74) is 0.748. The maximum Gasteiger partial charge on any atom is 0.243 e. The van der Waals surface area contributed by atoms with Crippen LogP contribution in [0.2, 0.25) is 0 Å². The third kappa shape index (κ3) is 2.62. The van der Waals surface area contributed by atoms with Crippen LogP contribution >= 0.6 is 0 Å². The van der Waals surface area contributed by atoms with Gasteiger partial charge in [-0.05, 0) is 11.6 Å². The number of carbonyl (C=O) groups is 1. The van der Waals surface area contributed by atoms with Gasteiger partial charge in [0.15, 0.2) is 0 Å². The van der Waals surface area contributed by atoms with E-state index in [1.54, 1.807) is 31.3 Å². The molecule has 2 rings (SSSR count). The van der Waals surface area contributed by atoms with Crippen molar-refractivity contribution in [2.45, 2.75) is 23.7 Å². The molecule has 1 aliphatic heterocycles. The molecule has 0 aliphatic carbocycles. The van der Waals surface area contributed by atoms with Crippen LogP contribution in [0.5, 0.6) is 0 Å². The molecule has 5 heteroatoms. The van der Waals surface area contributed by atoms with Crippen LogP contribution in [-0.2, 0) is 14.8 Å². The first-order chi connectivity index (χ1) is 8.96. The Bertz CT molecular complexity index is 607. The van der Waals surface area contributed by atoms with Gasteiger partial charge in [0.1, 0.15) is 5.78 Å². The smallest absolute Gasteiger partial charge is 0.243 e.